The van der Waals surface area contributed by atoms with E-state index in [-0.39, 0.29) is 11.3 Å². The molecule has 0 bridgehead atoms. The van der Waals surface area contributed by atoms with Crippen LogP contribution in [0.2, 0.25) is 0 Å². The predicted octanol–water partition coefficient (Wildman–Crippen LogP) is 0.939. The van der Waals surface area contributed by atoms with Crippen molar-refractivity contribution >= 4 is 5.91 Å². The molecule has 1 fully saturated rings. The molecule has 0 atom stereocenters. The molecule has 1 amide bonds. The van der Waals surface area contributed by atoms with Crippen LogP contribution in [0.4, 0.5) is 0 Å². The minimum Gasteiger partial charge on any atom is -0.381 e. The molecule has 1 aliphatic heterocycles. The highest BCUT2D eigenvalue weighted by molar-refractivity contribution is 5.72. The van der Waals surface area contributed by atoms with E-state index in [1.807, 2.05) is 0 Å². The third-order valence-corrected chi connectivity index (χ3v) is 2.46. The van der Waals surface area contributed by atoms with E-state index in [0.717, 1.165) is 32.6 Å². The van der Waals surface area contributed by atoms with Crippen LogP contribution in [0.3, 0.4) is 0 Å². The summed E-state index contributed by atoms with van der Waals surface area (Å²) < 4.78 is 5.26. The summed E-state index contributed by atoms with van der Waals surface area (Å²) in [6.45, 7) is 6.20. The SMILES string of the molecule is CC(=O)NCC1(C)CCOCC1. The molecule has 0 aromatic rings. The van der Waals surface area contributed by atoms with Crippen LogP contribution in [0.15, 0.2) is 0 Å². The minimum atomic E-state index is 0.0581. The van der Waals surface area contributed by atoms with E-state index in [4.69, 9.17) is 4.74 Å². The number of carbonyl (C=O) groups excluding carboxylic acids is 1. The first-order valence-corrected chi connectivity index (χ1v) is 4.45. The van der Waals surface area contributed by atoms with Crippen LogP contribution in [0.5, 0.6) is 0 Å². The van der Waals surface area contributed by atoms with E-state index < -0.39 is 0 Å². The lowest BCUT2D eigenvalue weighted by molar-refractivity contribution is -0.119. The van der Waals surface area contributed by atoms with Gasteiger partial charge in [0.2, 0.25) is 5.91 Å². The van der Waals surface area contributed by atoms with Crippen molar-refractivity contribution in [3.8, 4) is 0 Å². The first-order chi connectivity index (χ1) is 5.62. The number of nitrogens with one attached hydrogen (secondary N) is 1. The maximum absolute atomic E-state index is 10.7. The molecule has 12 heavy (non-hydrogen) atoms. The second-order valence-electron chi connectivity index (χ2n) is 3.83. The van der Waals surface area contributed by atoms with Crippen LogP contribution in [-0.4, -0.2) is 25.7 Å². The Labute approximate surface area is 73.5 Å². The fourth-order valence-corrected chi connectivity index (χ4v) is 1.38. The Hall–Kier alpha value is -0.570. The van der Waals surface area contributed by atoms with Crippen LogP contribution >= 0.6 is 0 Å². The Balaban J connectivity index is 2.31. The van der Waals surface area contributed by atoms with Gasteiger partial charge in [-0.1, -0.05) is 6.92 Å². The third-order valence-electron chi connectivity index (χ3n) is 2.46. The molecular weight excluding hydrogens is 154 g/mol. The van der Waals surface area contributed by atoms with Gasteiger partial charge in [0.1, 0.15) is 0 Å². The molecule has 1 rings (SSSR count). The van der Waals surface area contributed by atoms with Crippen LogP contribution in [0, 0.1) is 5.41 Å². The van der Waals surface area contributed by atoms with Crippen LogP contribution in [0.1, 0.15) is 26.7 Å². The van der Waals surface area contributed by atoms with Crippen LogP contribution in [0.25, 0.3) is 0 Å². The molecule has 3 heteroatoms. The Morgan fingerprint density at radius 3 is 2.58 bits per heavy atom. The first kappa shape index (κ1) is 9.52. The van der Waals surface area contributed by atoms with Crippen molar-refractivity contribution in [3.05, 3.63) is 0 Å². The van der Waals surface area contributed by atoms with Gasteiger partial charge in [-0.25, -0.2) is 0 Å². The summed E-state index contributed by atoms with van der Waals surface area (Å²) >= 11 is 0. The van der Waals surface area contributed by atoms with E-state index in [0.29, 0.717) is 0 Å². The lowest BCUT2D eigenvalue weighted by atomic mass is 9.82. The van der Waals surface area contributed by atoms with Crippen molar-refractivity contribution in [1.82, 2.24) is 5.32 Å². The van der Waals surface area contributed by atoms with Gasteiger partial charge in [-0.15, -0.1) is 0 Å². The van der Waals surface area contributed by atoms with Crippen molar-refractivity contribution in [2.45, 2.75) is 26.7 Å². The van der Waals surface area contributed by atoms with Gasteiger partial charge in [-0.05, 0) is 18.3 Å². The summed E-state index contributed by atoms with van der Waals surface area (Å²) in [4.78, 5) is 10.7. The molecule has 0 aliphatic carbocycles. The van der Waals surface area contributed by atoms with Crippen molar-refractivity contribution in [2.24, 2.45) is 5.41 Å². The topological polar surface area (TPSA) is 38.3 Å². The highest BCUT2D eigenvalue weighted by Crippen LogP contribution is 2.28. The Morgan fingerprint density at radius 1 is 1.50 bits per heavy atom. The van der Waals surface area contributed by atoms with Gasteiger partial charge in [-0.2, -0.15) is 0 Å². The summed E-state index contributed by atoms with van der Waals surface area (Å²) in [5.74, 6) is 0.0581. The summed E-state index contributed by atoms with van der Waals surface area (Å²) in [5, 5.41) is 2.86. The van der Waals surface area contributed by atoms with Gasteiger partial charge in [0.15, 0.2) is 0 Å². The molecule has 1 saturated heterocycles. The summed E-state index contributed by atoms with van der Waals surface area (Å²) in [6, 6.07) is 0. The van der Waals surface area contributed by atoms with Crippen molar-refractivity contribution in [2.75, 3.05) is 19.8 Å². The normalized spacial score (nSPS) is 21.8. The molecule has 1 N–H and O–H groups in total. The van der Waals surface area contributed by atoms with Gasteiger partial charge in [0.25, 0.3) is 0 Å². The quantitative estimate of drug-likeness (QED) is 0.671. The minimum absolute atomic E-state index is 0.0581. The molecule has 0 aromatic heterocycles. The van der Waals surface area contributed by atoms with E-state index in [1.165, 1.54) is 0 Å². The second kappa shape index (κ2) is 3.90. The Bertz CT molecular complexity index is 162. The predicted molar refractivity (Wildman–Crippen MR) is 46.8 cm³/mol. The average Bonchev–Trinajstić information content (AvgIpc) is 2.03. The number of amides is 1. The standard InChI is InChI=1S/C9H17NO2/c1-8(11)10-7-9(2)3-5-12-6-4-9/h3-7H2,1-2H3,(H,10,11). The zero-order valence-electron chi connectivity index (χ0n) is 7.85. The molecule has 0 radical (unpaired) electrons. The van der Waals surface area contributed by atoms with E-state index >= 15 is 0 Å². The summed E-state index contributed by atoms with van der Waals surface area (Å²) in [6.07, 6.45) is 2.10. The monoisotopic (exact) mass is 171 g/mol. The molecule has 0 spiro atoms. The number of ether oxygens (including phenoxy) is 1. The van der Waals surface area contributed by atoms with E-state index in [2.05, 4.69) is 12.2 Å². The Morgan fingerprint density at radius 2 is 2.08 bits per heavy atom. The van der Waals surface area contributed by atoms with Gasteiger partial charge < -0.3 is 10.1 Å². The van der Waals surface area contributed by atoms with Crippen molar-refractivity contribution in [3.63, 3.8) is 0 Å². The largest absolute Gasteiger partial charge is 0.381 e. The zero-order chi connectivity index (χ0) is 9.03. The third kappa shape index (κ3) is 2.81. The van der Waals surface area contributed by atoms with Gasteiger partial charge in [0, 0.05) is 26.7 Å². The van der Waals surface area contributed by atoms with E-state index in [9.17, 15) is 4.79 Å². The molecule has 70 valence electrons. The molecule has 3 nitrogen and oxygen atoms in total. The fourth-order valence-electron chi connectivity index (χ4n) is 1.38. The maximum atomic E-state index is 10.7. The zero-order valence-corrected chi connectivity index (χ0v) is 7.85. The number of hydrogen-bond donors (Lipinski definition) is 1. The second-order valence-corrected chi connectivity index (χ2v) is 3.83. The van der Waals surface area contributed by atoms with Crippen LogP contribution < -0.4 is 5.32 Å². The smallest absolute Gasteiger partial charge is 0.216 e. The van der Waals surface area contributed by atoms with Crippen LogP contribution in [-0.2, 0) is 9.53 Å². The average molecular weight is 171 g/mol. The molecule has 1 aliphatic rings. The number of carbonyl (C=O) groups is 1. The molecule has 0 saturated carbocycles. The fraction of sp³-hybridized carbons (Fsp3) is 0.889. The van der Waals surface area contributed by atoms with Crippen molar-refractivity contribution < 1.29 is 9.53 Å². The lowest BCUT2D eigenvalue weighted by Gasteiger charge is -2.33. The van der Waals surface area contributed by atoms with Gasteiger partial charge in [0.05, 0.1) is 0 Å². The van der Waals surface area contributed by atoms with Crippen molar-refractivity contribution in [1.29, 1.82) is 0 Å². The van der Waals surface area contributed by atoms with E-state index in [1.54, 1.807) is 6.92 Å². The molecule has 0 aromatic carbocycles. The molecule has 1 heterocycles. The molecular formula is C9H17NO2. The number of rotatable bonds is 2. The van der Waals surface area contributed by atoms with Gasteiger partial charge >= 0.3 is 0 Å². The maximum Gasteiger partial charge on any atom is 0.216 e. The summed E-state index contributed by atoms with van der Waals surface area (Å²) in [7, 11) is 0. The highest BCUT2D eigenvalue weighted by Gasteiger charge is 2.27. The first-order valence-electron chi connectivity index (χ1n) is 4.45. The highest BCUT2D eigenvalue weighted by atomic mass is 16.5. The number of hydrogen-bond acceptors (Lipinski definition) is 2. The summed E-state index contributed by atoms with van der Waals surface area (Å²) in [5.41, 5.74) is 0.254. The van der Waals surface area contributed by atoms with Gasteiger partial charge in [-0.3, -0.25) is 4.79 Å². The lowest BCUT2D eigenvalue weighted by Crippen LogP contribution is -2.38. The molecule has 0 unspecified atom stereocenters. The Kier molecular flexibility index (Phi) is 3.09.